The van der Waals surface area contributed by atoms with Crippen LogP contribution in [0.15, 0.2) is 71.4 Å². The first-order valence-corrected chi connectivity index (χ1v) is 8.19. The Labute approximate surface area is 151 Å². The fourth-order valence-electron chi connectivity index (χ4n) is 2.35. The van der Waals surface area contributed by atoms with Crippen LogP contribution in [0.3, 0.4) is 0 Å². The third-order valence-corrected chi connectivity index (χ3v) is 4.06. The second-order valence-electron chi connectivity index (χ2n) is 5.40. The van der Waals surface area contributed by atoms with E-state index in [-0.39, 0.29) is 5.91 Å². The molecular weight excluding hydrogens is 340 g/mol. The zero-order valence-electron chi connectivity index (χ0n) is 13.0. The summed E-state index contributed by atoms with van der Waals surface area (Å²) in [5.74, 6) is -0.219. The summed E-state index contributed by atoms with van der Waals surface area (Å²) in [5.41, 5.74) is 3.17. The quantitative estimate of drug-likeness (QED) is 0.655. The van der Waals surface area contributed by atoms with Gasteiger partial charge >= 0.3 is 0 Å². The summed E-state index contributed by atoms with van der Waals surface area (Å²) in [6.45, 7) is 1.99. The monoisotopic (exact) mass is 354 g/mol. The van der Waals surface area contributed by atoms with Crippen molar-refractivity contribution in [3.63, 3.8) is 0 Å². The summed E-state index contributed by atoms with van der Waals surface area (Å²) in [4.78, 5) is 14.1. The minimum atomic E-state index is -0.219. The molecule has 3 nitrogen and oxygen atoms in total. The molecule has 0 aliphatic carbocycles. The number of carbonyl (C=O) groups is 1. The van der Waals surface area contributed by atoms with E-state index < -0.39 is 0 Å². The average Bonchev–Trinajstić information content (AvgIpc) is 2.83. The van der Waals surface area contributed by atoms with Crippen LogP contribution in [-0.2, 0) is 4.79 Å². The molecule has 2 aromatic carbocycles. The van der Waals surface area contributed by atoms with E-state index in [4.69, 9.17) is 23.8 Å². The van der Waals surface area contributed by atoms with Gasteiger partial charge in [-0.2, -0.15) is 0 Å². The number of rotatable bonds is 3. The number of hydrogen-bond acceptors (Lipinski definition) is 2. The van der Waals surface area contributed by atoms with Crippen molar-refractivity contribution in [1.82, 2.24) is 5.32 Å². The Bertz CT molecular complexity index is 841. The van der Waals surface area contributed by atoms with Crippen LogP contribution in [0.25, 0.3) is 6.08 Å². The standard InChI is InChI=1S/C19H15ClN2OS/c1-13-7-9-16(10-8-13)22-18(23)17(21-19(22)24)12-15(20)11-14-5-3-2-4-6-14/h2-12H,1H3,(H,21,24)/b15-11-,17-12?. The molecule has 24 heavy (non-hydrogen) atoms. The molecule has 1 N–H and O–H groups in total. The van der Waals surface area contributed by atoms with Crippen molar-refractivity contribution in [3.8, 4) is 0 Å². The minimum Gasteiger partial charge on any atom is -0.327 e. The number of halogens is 1. The number of hydrogen-bond donors (Lipinski definition) is 1. The van der Waals surface area contributed by atoms with E-state index in [1.807, 2.05) is 61.5 Å². The first kappa shape index (κ1) is 16.4. The van der Waals surface area contributed by atoms with E-state index in [1.165, 1.54) is 4.90 Å². The maximum Gasteiger partial charge on any atom is 0.281 e. The van der Waals surface area contributed by atoms with Crippen molar-refractivity contribution in [2.75, 3.05) is 4.90 Å². The molecule has 2 aromatic rings. The zero-order chi connectivity index (χ0) is 17.1. The molecule has 0 saturated carbocycles. The third-order valence-electron chi connectivity index (χ3n) is 3.56. The smallest absolute Gasteiger partial charge is 0.281 e. The predicted octanol–water partition coefficient (Wildman–Crippen LogP) is 4.38. The largest absolute Gasteiger partial charge is 0.327 e. The van der Waals surface area contributed by atoms with Gasteiger partial charge in [-0.15, -0.1) is 0 Å². The number of carbonyl (C=O) groups excluding carboxylic acids is 1. The lowest BCUT2D eigenvalue weighted by Crippen LogP contribution is -2.30. The molecule has 1 fully saturated rings. The number of nitrogens with zero attached hydrogens (tertiary/aromatic N) is 1. The SMILES string of the molecule is Cc1ccc(N2C(=O)C(=C/C(Cl)=C/c3ccccc3)NC2=S)cc1. The number of nitrogens with one attached hydrogen (secondary N) is 1. The van der Waals surface area contributed by atoms with E-state index in [2.05, 4.69) is 5.32 Å². The van der Waals surface area contributed by atoms with Gasteiger partial charge in [0.2, 0.25) is 0 Å². The summed E-state index contributed by atoms with van der Waals surface area (Å²) in [5, 5.41) is 3.72. The molecule has 0 aromatic heterocycles. The number of anilines is 1. The maximum absolute atomic E-state index is 12.6. The lowest BCUT2D eigenvalue weighted by Gasteiger charge is -2.13. The van der Waals surface area contributed by atoms with Crippen LogP contribution in [0.2, 0.25) is 0 Å². The van der Waals surface area contributed by atoms with Gasteiger partial charge < -0.3 is 5.32 Å². The van der Waals surface area contributed by atoms with Crippen molar-refractivity contribution in [1.29, 1.82) is 0 Å². The minimum absolute atomic E-state index is 0.219. The summed E-state index contributed by atoms with van der Waals surface area (Å²) < 4.78 is 0. The molecule has 0 unspecified atom stereocenters. The Kier molecular flexibility index (Phi) is 4.79. The Morgan fingerprint density at radius 3 is 2.46 bits per heavy atom. The molecule has 3 rings (SSSR count). The van der Waals surface area contributed by atoms with Gasteiger partial charge in [0, 0.05) is 5.03 Å². The van der Waals surface area contributed by atoms with Gasteiger partial charge in [0.1, 0.15) is 5.70 Å². The molecule has 1 saturated heterocycles. The summed E-state index contributed by atoms with van der Waals surface area (Å²) in [7, 11) is 0. The highest BCUT2D eigenvalue weighted by Crippen LogP contribution is 2.23. The van der Waals surface area contributed by atoms with Gasteiger partial charge in [0.15, 0.2) is 5.11 Å². The molecule has 1 aliphatic rings. The maximum atomic E-state index is 12.6. The van der Waals surface area contributed by atoms with Crippen LogP contribution in [0.1, 0.15) is 11.1 Å². The molecular formula is C19H15ClN2OS. The van der Waals surface area contributed by atoms with Gasteiger partial charge in [-0.1, -0.05) is 59.6 Å². The normalized spacial score (nSPS) is 16.7. The number of thiocarbonyl (C=S) groups is 1. The second-order valence-corrected chi connectivity index (χ2v) is 6.23. The van der Waals surface area contributed by atoms with Crippen molar-refractivity contribution in [3.05, 3.63) is 82.5 Å². The molecule has 1 heterocycles. The van der Waals surface area contributed by atoms with Gasteiger partial charge in [-0.3, -0.25) is 9.69 Å². The molecule has 5 heteroatoms. The number of amides is 1. The lowest BCUT2D eigenvalue weighted by molar-refractivity contribution is -0.113. The van der Waals surface area contributed by atoms with Crippen molar-refractivity contribution in [2.45, 2.75) is 6.92 Å². The summed E-state index contributed by atoms with van der Waals surface area (Å²) >= 11 is 11.5. The lowest BCUT2D eigenvalue weighted by atomic mass is 10.2. The van der Waals surface area contributed by atoms with E-state index in [0.29, 0.717) is 15.8 Å². The van der Waals surface area contributed by atoms with Gasteiger partial charge in [-0.25, -0.2) is 0 Å². The van der Waals surface area contributed by atoms with Crippen molar-refractivity contribution >= 4 is 46.6 Å². The Morgan fingerprint density at radius 1 is 1.12 bits per heavy atom. The average molecular weight is 355 g/mol. The molecule has 0 atom stereocenters. The highest BCUT2D eigenvalue weighted by Gasteiger charge is 2.31. The van der Waals surface area contributed by atoms with Gasteiger partial charge in [0.05, 0.1) is 5.69 Å². The fourth-order valence-corrected chi connectivity index (χ4v) is 2.88. The van der Waals surface area contributed by atoms with Crippen molar-refractivity contribution < 1.29 is 4.79 Å². The molecule has 0 spiro atoms. The van der Waals surface area contributed by atoms with Crippen LogP contribution < -0.4 is 10.2 Å². The van der Waals surface area contributed by atoms with E-state index in [1.54, 1.807) is 12.2 Å². The Hall–Kier alpha value is -2.43. The van der Waals surface area contributed by atoms with Crippen molar-refractivity contribution in [2.24, 2.45) is 0 Å². The van der Waals surface area contributed by atoms with Crippen LogP contribution in [0, 0.1) is 6.92 Å². The van der Waals surface area contributed by atoms with E-state index in [0.717, 1.165) is 16.8 Å². The van der Waals surface area contributed by atoms with E-state index >= 15 is 0 Å². The first-order chi connectivity index (χ1) is 11.5. The highest BCUT2D eigenvalue weighted by atomic mass is 35.5. The van der Waals surface area contributed by atoms with Gasteiger partial charge in [-0.05, 0) is 49.0 Å². The summed E-state index contributed by atoms with van der Waals surface area (Å²) in [6.07, 6.45) is 3.39. The first-order valence-electron chi connectivity index (χ1n) is 7.40. The van der Waals surface area contributed by atoms with Crippen LogP contribution >= 0.6 is 23.8 Å². The Morgan fingerprint density at radius 2 is 1.79 bits per heavy atom. The summed E-state index contributed by atoms with van der Waals surface area (Å²) in [6, 6.07) is 17.3. The van der Waals surface area contributed by atoms with Crippen LogP contribution in [-0.4, -0.2) is 11.0 Å². The zero-order valence-corrected chi connectivity index (χ0v) is 14.6. The molecule has 120 valence electrons. The van der Waals surface area contributed by atoms with E-state index in [9.17, 15) is 4.79 Å². The molecule has 0 bridgehead atoms. The predicted molar refractivity (Wildman–Crippen MR) is 103 cm³/mol. The number of benzene rings is 2. The highest BCUT2D eigenvalue weighted by molar-refractivity contribution is 7.80. The van der Waals surface area contributed by atoms with Crippen LogP contribution in [0.4, 0.5) is 5.69 Å². The Balaban J connectivity index is 1.85. The third kappa shape index (κ3) is 3.55. The number of allylic oxidation sites excluding steroid dienone is 2. The fraction of sp³-hybridized carbons (Fsp3) is 0.0526. The number of aryl methyl sites for hydroxylation is 1. The van der Waals surface area contributed by atoms with Gasteiger partial charge in [0.25, 0.3) is 5.91 Å². The molecule has 1 amide bonds. The second kappa shape index (κ2) is 6.99. The van der Waals surface area contributed by atoms with Crippen LogP contribution in [0.5, 0.6) is 0 Å². The molecule has 0 radical (unpaired) electrons. The topological polar surface area (TPSA) is 32.3 Å². The molecule has 1 aliphatic heterocycles.